The van der Waals surface area contributed by atoms with Gasteiger partial charge >= 0.3 is 6.18 Å². The molecule has 0 N–H and O–H groups in total. The molecule has 120 valence electrons. The van der Waals surface area contributed by atoms with Crippen LogP contribution in [-0.4, -0.2) is 16.6 Å². The summed E-state index contributed by atoms with van der Waals surface area (Å²) in [5, 5.41) is 0. The normalized spacial score (nSPS) is 11.3. The second kappa shape index (κ2) is 6.68. The molecule has 2 rings (SSSR count). The number of halogens is 4. The number of carbonyl (C=O) groups is 2. The summed E-state index contributed by atoms with van der Waals surface area (Å²) in [6, 6.07) is 6.72. The van der Waals surface area contributed by atoms with Crippen LogP contribution >= 0.6 is 0 Å². The van der Waals surface area contributed by atoms with E-state index in [0.29, 0.717) is 0 Å². The first kappa shape index (κ1) is 16.8. The zero-order valence-corrected chi connectivity index (χ0v) is 11.7. The Hall–Kier alpha value is -2.57. The van der Waals surface area contributed by atoms with Crippen LogP contribution in [0.15, 0.2) is 42.6 Å². The van der Waals surface area contributed by atoms with E-state index in [1.54, 1.807) is 0 Å². The Bertz CT molecular complexity index is 741. The number of benzene rings is 1. The minimum atomic E-state index is -4.70. The lowest BCUT2D eigenvalue weighted by molar-refractivity contribution is -0.138. The van der Waals surface area contributed by atoms with Gasteiger partial charge in [-0.2, -0.15) is 13.2 Å². The molecule has 0 aliphatic heterocycles. The third-order valence-corrected chi connectivity index (χ3v) is 3.10. The van der Waals surface area contributed by atoms with Crippen LogP contribution in [0.4, 0.5) is 17.6 Å². The Morgan fingerprint density at radius 1 is 1.00 bits per heavy atom. The van der Waals surface area contributed by atoms with Crippen molar-refractivity contribution in [3.8, 4) is 0 Å². The lowest BCUT2D eigenvalue weighted by atomic mass is 10.0. The topological polar surface area (TPSA) is 47.0 Å². The van der Waals surface area contributed by atoms with E-state index in [1.807, 2.05) is 0 Å². The van der Waals surface area contributed by atoms with Crippen molar-refractivity contribution >= 4 is 11.6 Å². The Balaban J connectivity index is 2.10. The van der Waals surface area contributed by atoms with E-state index in [1.165, 1.54) is 12.1 Å². The van der Waals surface area contributed by atoms with Gasteiger partial charge in [0.1, 0.15) is 11.5 Å². The number of hydrogen-bond acceptors (Lipinski definition) is 3. The van der Waals surface area contributed by atoms with Crippen LogP contribution in [0.3, 0.4) is 0 Å². The smallest absolute Gasteiger partial charge is 0.294 e. The van der Waals surface area contributed by atoms with E-state index in [2.05, 4.69) is 4.98 Å². The molecule has 3 nitrogen and oxygen atoms in total. The first-order valence-electron chi connectivity index (χ1n) is 6.63. The molecule has 0 bridgehead atoms. The third kappa shape index (κ3) is 4.21. The van der Waals surface area contributed by atoms with E-state index in [-0.39, 0.29) is 12.0 Å². The highest BCUT2D eigenvalue weighted by Crippen LogP contribution is 2.31. The number of pyridine rings is 1. The summed E-state index contributed by atoms with van der Waals surface area (Å²) in [5.41, 5.74) is -1.79. The summed E-state index contributed by atoms with van der Waals surface area (Å²) < 4.78 is 51.5. The molecule has 0 amide bonds. The van der Waals surface area contributed by atoms with Crippen molar-refractivity contribution in [2.45, 2.75) is 19.0 Å². The molecular weight excluding hydrogens is 314 g/mol. The van der Waals surface area contributed by atoms with Crippen LogP contribution in [0.2, 0.25) is 0 Å². The third-order valence-electron chi connectivity index (χ3n) is 3.10. The molecule has 1 aromatic carbocycles. The predicted octanol–water partition coefficient (Wildman–Crippen LogP) is 4.09. The zero-order chi connectivity index (χ0) is 17.0. The molecule has 1 heterocycles. The fourth-order valence-electron chi connectivity index (χ4n) is 2.01. The average Bonchev–Trinajstić information content (AvgIpc) is 2.51. The summed E-state index contributed by atoms with van der Waals surface area (Å²) in [6.45, 7) is 0. The molecule has 0 fully saturated rings. The highest BCUT2D eigenvalue weighted by molar-refractivity contribution is 6.01. The predicted molar refractivity (Wildman–Crippen MR) is 73.5 cm³/mol. The molecule has 0 spiro atoms. The van der Waals surface area contributed by atoms with Gasteiger partial charge in [0.2, 0.25) is 0 Å². The van der Waals surface area contributed by atoms with Crippen molar-refractivity contribution in [2.24, 2.45) is 0 Å². The molecule has 0 unspecified atom stereocenters. The number of alkyl halides is 3. The number of aromatic nitrogens is 1. The maximum absolute atomic E-state index is 13.0. The van der Waals surface area contributed by atoms with Gasteiger partial charge in [-0.15, -0.1) is 0 Å². The molecule has 0 saturated carbocycles. The Labute approximate surface area is 129 Å². The maximum Gasteiger partial charge on any atom is 0.418 e. The van der Waals surface area contributed by atoms with Gasteiger partial charge in [0.15, 0.2) is 11.6 Å². The zero-order valence-electron chi connectivity index (χ0n) is 11.7. The van der Waals surface area contributed by atoms with Gasteiger partial charge in [-0.25, -0.2) is 4.39 Å². The van der Waals surface area contributed by atoms with Crippen LogP contribution < -0.4 is 0 Å². The van der Waals surface area contributed by atoms with Gasteiger partial charge < -0.3 is 0 Å². The molecule has 7 heteroatoms. The number of rotatable bonds is 5. The van der Waals surface area contributed by atoms with Crippen molar-refractivity contribution < 1.29 is 27.2 Å². The second-order valence-corrected chi connectivity index (χ2v) is 4.75. The highest BCUT2D eigenvalue weighted by Gasteiger charge is 2.35. The number of carbonyl (C=O) groups excluding carboxylic acids is 2. The molecule has 0 aliphatic rings. The van der Waals surface area contributed by atoms with Crippen LogP contribution in [0.25, 0.3) is 0 Å². The van der Waals surface area contributed by atoms with Gasteiger partial charge in [0.05, 0.1) is 5.56 Å². The SMILES string of the molecule is O=C(CCC(=O)c1ncccc1C(F)(F)F)c1cccc(F)c1. The summed E-state index contributed by atoms with van der Waals surface area (Å²) in [6.07, 6.45) is -4.38. The minimum absolute atomic E-state index is 0.0647. The van der Waals surface area contributed by atoms with Crippen LogP contribution in [0.5, 0.6) is 0 Å². The molecule has 0 saturated heterocycles. The summed E-state index contributed by atoms with van der Waals surface area (Å²) in [5.74, 6) is -2.02. The van der Waals surface area contributed by atoms with E-state index < -0.39 is 41.2 Å². The van der Waals surface area contributed by atoms with Crippen LogP contribution in [0.1, 0.15) is 39.3 Å². The monoisotopic (exact) mass is 325 g/mol. The molecule has 1 aromatic heterocycles. The van der Waals surface area contributed by atoms with E-state index in [4.69, 9.17) is 0 Å². The van der Waals surface area contributed by atoms with Gasteiger partial charge in [-0.3, -0.25) is 14.6 Å². The molecule has 2 aromatic rings. The lowest BCUT2D eigenvalue weighted by Gasteiger charge is -2.10. The maximum atomic E-state index is 13.0. The summed E-state index contributed by atoms with van der Waals surface area (Å²) in [7, 11) is 0. The van der Waals surface area contributed by atoms with Crippen LogP contribution in [0, 0.1) is 5.82 Å². The number of Topliss-reactive ketones (excluding diaryl/α,β-unsaturated/α-hetero) is 2. The number of ketones is 2. The van der Waals surface area contributed by atoms with E-state index in [0.717, 1.165) is 30.5 Å². The van der Waals surface area contributed by atoms with Gasteiger partial charge in [0, 0.05) is 24.6 Å². The van der Waals surface area contributed by atoms with Gasteiger partial charge in [-0.1, -0.05) is 12.1 Å². The first-order chi connectivity index (χ1) is 10.8. The van der Waals surface area contributed by atoms with Crippen molar-refractivity contribution in [3.63, 3.8) is 0 Å². The Morgan fingerprint density at radius 2 is 1.70 bits per heavy atom. The number of nitrogens with zero attached hydrogens (tertiary/aromatic N) is 1. The molecule has 0 radical (unpaired) electrons. The molecule has 0 atom stereocenters. The lowest BCUT2D eigenvalue weighted by Crippen LogP contribution is -2.15. The Morgan fingerprint density at radius 3 is 2.35 bits per heavy atom. The number of hydrogen-bond donors (Lipinski definition) is 0. The van der Waals surface area contributed by atoms with Crippen molar-refractivity contribution in [1.29, 1.82) is 0 Å². The summed E-state index contributed by atoms with van der Waals surface area (Å²) >= 11 is 0. The quantitative estimate of drug-likeness (QED) is 0.614. The highest BCUT2D eigenvalue weighted by atomic mass is 19.4. The Kier molecular flexibility index (Phi) is 4.88. The minimum Gasteiger partial charge on any atom is -0.294 e. The fraction of sp³-hybridized carbons (Fsp3) is 0.188. The van der Waals surface area contributed by atoms with Crippen LogP contribution in [-0.2, 0) is 6.18 Å². The summed E-state index contributed by atoms with van der Waals surface area (Å²) in [4.78, 5) is 27.2. The van der Waals surface area contributed by atoms with Crippen molar-refractivity contribution in [3.05, 3.63) is 65.2 Å². The largest absolute Gasteiger partial charge is 0.418 e. The van der Waals surface area contributed by atoms with Crippen molar-refractivity contribution in [2.75, 3.05) is 0 Å². The first-order valence-corrected chi connectivity index (χ1v) is 6.63. The van der Waals surface area contributed by atoms with Gasteiger partial charge in [-0.05, 0) is 24.3 Å². The average molecular weight is 325 g/mol. The second-order valence-electron chi connectivity index (χ2n) is 4.75. The van der Waals surface area contributed by atoms with E-state index >= 15 is 0 Å². The fourth-order valence-corrected chi connectivity index (χ4v) is 2.01. The van der Waals surface area contributed by atoms with Gasteiger partial charge in [0.25, 0.3) is 0 Å². The van der Waals surface area contributed by atoms with E-state index in [9.17, 15) is 27.2 Å². The molecular formula is C16H11F4NO2. The molecule has 0 aliphatic carbocycles. The van der Waals surface area contributed by atoms with Crippen molar-refractivity contribution in [1.82, 2.24) is 4.98 Å². The standard InChI is InChI=1S/C16H11F4NO2/c17-11-4-1-3-10(9-11)13(22)6-7-14(23)15-12(16(18,19)20)5-2-8-21-15/h1-5,8-9H,6-7H2. The molecule has 23 heavy (non-hydrogen) atoms.